The Kier molecular flexibility index (Phi) is 4.72. The highest BCUT2D eigenvalue weighted by Crippen LogP contribution is 2.52. The smallest absolute Gasteiger partial charge is 0.230 e. The number of thioether (sulfide) groups is 1. The van der Waals surface area contributed by atoms with Crippen molar-refractivity contribution >= 4 is 23.6 Å². The first-order chi connectivity index (χ1) is 13.2. The van der Waals surface area contributed by atoms with E-state index in [1.54, 1.807) is 0 Å². The van der Waals surface area contributed by atoms with E-state index in [1.165, 1.54) is 19.3 Å². The second kappa shape index (κ2) is 7.08. The van der Waals surface area contributed by atoms with E-state index in [4.69, 9.17) is 4.74 Å². The average Bonchev–Trinajstić information content (AvgIpc) is 3.35. The number of carbonyl (C=O) groups excluding carboxylic acids is 2. The van der Waals surface area contributed by atoms with E-state index in [0.29, 0.717) is 6.54 Å². The second-order valence-electron chi connectivity index (χ2n) is 8.50. The van der Waals surface area contributed by atoms with Crippen molar-refractivity contribution in [3.8, 4) is 0 Å². The molecule has 2 bridgehead atoms. The molecule has 0 aromatic heterocycles. The summed E-state index contributed by atoms with van der Waals surface area (Å²) in [6.07, 6.45) is 7.72. The molecule has 0 saturated carbocycles. The van der Waals surface area contributed by atoms with Gasteiger partial charge in [0.2, 0.25) is 11.8 Å². The normalized spacial score (nSPS) is 38.7. The molecule has 4 saturated heterocycles. The number of hydrogen-bond acceptors (Lipinski definition) is 5. The van der Waals surface area contributed by atoms with Gasteiger partial charge in [0, 0.05) is 37.7 Å². The van der Waals surface area contributed by atoms with Crippen LogP contribution in [0.3, 0.4) is 0 Å². The lowest BCUT2D eigenvalue weighted by molar-refractivity contribution is -0.143. The number of nitrogens with zero attached hydrogens (tertiary/aromatic N) is 3. The fourth-order valence-corrected chi connectivity index (χ4v) is 6.39. The predicted octanol–water partition coefficient (Wildman–Crippen LogP) is 0.830. The van der Waals surface area contributed by atoms with E-state index in [9.17, 15) is 9.59 Å². The third kappa shape index (κ3) is 3.02. The number of carbonyl (C=O) groups is 2. The molecule has 0 radical (unpaired) electrons. The van der Waals surface area contributed by atoms with Gasteiger partial charge in [-0.3, -0.25) is 9.59 Å². The first-order valence-corrected chi connectivity index (χ1v) is 11.6. The molecule has 0 unspecified atom stereocenters. The lowest BCUT2D eigenvalue weighted by atomic mass is 9.76. The van der Waals surface area contributed by atoms with Crippen LogP contribution >= 0.6 is 11.8 Å². The topological polar surface area (TPSA) is 53.1 Å². The van der Waals surface area contributed by atoms with Crippen LogP contribution in [0.2, 0.25) is 0 Å². The van der Waals surface area contributed by atoms with E-state index >= 15 is 0 Å². The van der Waals surface area contributed by atoms with E-state index in [1.807, 2.05) is 27.6 Å². The summed E-state index contributed by atoms with van der Waals surface area (Å²) in [6.45, 7) is 6.17. The first kappa shape index (κ1) is 18.0. The highest BCUT2D eigenvalue weighted by Gasteiger charge is 2.67. The summed E-state index contributed by atoms with van der Waals surface area (Å²) in [4.78, 5) is 32.8. The monoisotopic (exact) mass is 391 g/mol. The number of ether oxygens (including phenoxy) is 1. The van der Waals surface area contributed by atoms with Crippen molar-refractivity contribution in [2.24, 2.45) is 11.8 Å². The van der Waals surface area contributed by atoms with Gasteiger partial charge < -0.3 is 19.4 Å². The van der Waals surface area contributed by atoms with Crippen LogP contribution in [0.4, 0.5) is 0 Å². The van der Waals surface area contributed by atoms with Gasteiger partial charge in [0.25, 0.3) is 0 Å². The molecule has 5 rings (SSSR count). The van der Waals surface area contributed by atoms with Crippen LogP contribution in [-0.2, 0) is 14.3 Å². The van der Waals surface area contributed by atoms with Crippen molar-refractivity contribution in [2.75, 3.05) is 57.3 Å². The molecule has 4 fully saturated rings. The van der Waals surface area contributed by atoms with Crippen LogP contribution < -0.4 is 0 Å². The Morgan fingerprint density at radius 1 is 1.15 bits per heavy atom. The molecule has 0 aromatic carbocycles. The van der Waals surface area contributed by atoms with Gasteiger partial charge in [-0.2, -0.15) is 11.8 Å². The number of likely N-dealkylation sites (tertiary alicyclic amines) is 2. The van der Waals surface area contributed by atoms with Gasteiger partial charge in [0.15, 0.2) is 0 Å². The van der Waals surface area contributed by atoms with E-state index in [-0.39, 0.29) is 29.8 Å². The lowest BCUT2D eigenvalue weighted by Crippen LogP contribution is -2.48. The van der Waals surface area contributed by atoms with Crippen molar-refractivity contribution < 1.29 is 14.3 Å². The van der Waals surface area contributed by atoms with E-state index < -0.39 is 5.60 Å². The van der Waals surface area contributed by atoms with Crippen molar-refractivity contribution in [1.29, 1.82) is 0 Å². The van der Waals surface area contributed by atoms with Crippen LogP contribution in [0, 0.1) is 11.8 Å². The molecule has 6 nitrogen and oxygen atoms in total. The standard InChI is InChI=1S/C20H29N3O3S/c24-18(22-10-12-27-13-11-22)16-15-4-5-20(26-15)14-23(19(25)17(16)20)9-8-21-6-2-1-3-7-21/h4-5,15-17H,1-3,6-14H2/t15-,16+,17-,20-/m0/s1. The van der Waals surface area contributed by atoms with Crippen LogP contribution in [0.15, 0.2) is 12.2 Å². The minimum Gasteiger partial charge on any atom is -0.360 e. The number of piperidine rings is 1. The zero-order valence-corrected chi connectivity index (χ0v) is 16.7. The molecular formula is C20H29N3O3S. The van der Waals surface area contributed by atoms with Crippen molar-refractivity contribution in [1.82, 2.24) is 14.7 Å². The van der Waals surface area contributed by atoms with Crippen molar-refractivity contribution in [3.05, 3.63) is 12.2 Å². The Morgan fingerprint density at radius 2 is 1.93 bits per heavy atom. The Balaban J connectivity index is 1.29. The molecule has 27 heavy (non-hydrogen) atoms. The lowest BCUT2D eigenvalue weighted by Gasteiger charge is -2.32. The number of hydrogen-bond donors (Lipinski definition) is 0. The largest absolute Gasteiger partial charge is 0.360 e. The fourth-order valence-electron chi connectivity index (χ4n) is 5.49. The molecule has 2 amide bonds. The van der Waals surface area contributed by atoms with E-state index in [2.05, 4.69) is 11.0 Å². The highest BCUT2D eigenvalue weighted by atomic mass is 32.2. The van der Waals surface area contributed by atoms with Crippen LogP contribution in [0.25, 0.3) is 0 Å². The minimum absolute atomic E-state index is 0.128. The van der Waals surface area contributed by atoms with Crippen LogP contribution in [0.1, 0.15) is 19.3 Å². The predicted molar refractivity (Wildman–Crippen MR) is 105 cm³/mol. The molecule has 7 heteroatoms. The molecule has 5 aliphatic rings. The molecule has 0 aliphatic carbocycles. The maximum Gasteiger partial charge on any atom is 0.230 e. The van der Waals surface area contributed by atoms with Gasteiger partial charge in [-0.1, -0.05) is 18.6 Å². The molecule has 148 valence electrons. The van der Waals surface area contributed by atoms with Crippen LogP contribution in [0.5, 0.6) is 0 Å². The maximum atomic E-state index is 13.3. The van der Waals surface area contributed by atoms with Crippen molar-refractivity contribution in [2.45, 2.75) is 31.0 Å². The SMILES string of the molecule is O=C([C@@H]1[C@@H]2C=C[C@@]3(CN(CCN4CCCCC4)C(=O)[C@H]13)O2)N1CCSCC1. The Bertz CT molecular complexity index is 644. The van der Waals surface area contributed by atoms with Crippen LogP contribution in [-0.4, -0.2) is 95.5 Å². The summed E-state index contributed by atoms with van der Waals surface area (Å²) in [7, 11) is 0. The fraction of sp³-hybridized carbons (Fsp3) is 0.800. The van der Waals surface area contributed by atoms with E-state index in [0.717, 1.165) is 50.8 Å². The third-order valence-corrected chi connectivity index (χ3v) is 7.86. The number of rotatable bonds is 4. The number of fused-ring (bicyclic) bond motifs is 1. The maximum absolute atomic E-state index is 13.3. The highest BCUT2D eigenvalue weighted by molar-refractivity contribution is 7.99. The zero-order valence-electron chi connectivity index (χ0n) is 15.8. The molecule has 5 aliphatic heterocycles. The molecule has 4 atom stereocenters. The number of amides is 2. The van der Waals surface area contributed by atoms with Gasteiger partial charge in [-0.15, -0.1) is 0 Å². The second-order valence-corrected chi connectivity index (χ2v) is 9.72. The average molecular weight is 392 g/mol. The molecular weight excluding hydrogens is 362 g/mol. The summed E-state index contributed by atoms with van der Waals surface area (Å²) in [5.74, 6) is 1.59. The molecule has 0 aromatic rings. The first-order valence-electron chi connectivity index (χ1n) is 10.4. The van der Waals surface area contributed by atoms with Gasteiger partial charge in [-0.25, -0.2) is 0 Å². The minimum atomic E-state index is -0.561. The Hall–Kier alpha value is -1.05. The van der Waals surface area contributed by atoms with Gasteiger partial charge in [0.1, 0.15) is 5.60 Å². The summed E-state index contributed by atoms with van der Waals surface area (Å²) < 4.78 is 6.26. The van der Waals surface area contributed by atoms with Crippen molar-refractivity contribution in [3.63, 3.8) is 0 Å². The zero-order chi connectivity index (χ0) is 18.4. The summed E-state index contributed by atoms with van der Waals surface area (Å²) in [5, 5.41) is 0. The van der Waals surface area contributed by atoms with Gasteiger partial charge >= 0.3 is 0 Å². The molecule has 1 spiro atoms. The quantitative estimate of drug-likeness (QED) is 0.665. The molecule has 0 N–H and O–H groups in total. The summed E-state index contributed by atoms with van der Waals surface area (Å²) >= 11 is 1.89. The third-order valence-electron chi connectivity index (χ3n) is 6.92. The summed E-state index contributed by atoms with van der Waals surface area (Å²) in [6, 6.07) is 0. The van der Waals surface area contributed by atoms with Gasteiger partial charge in [-0.05, 0) is 25.9 Å². The van der Waals surface area contributed by atoms with Gasteiger partial charge in [0.05, 0.1) is 24.5 Å². The molecule has 5 heterocycles. The Labute approximate surface area is 165 Å². The summed E-state index contributed by atoms with van der Waals surface area (Å²) in [5.41, 5.74) is -0.561. The Morgan fingerprint density at radius 3 is 2.70 bits per heavy atom.